The van der Waals surface area contributed by atoms with E-state index in [1.807, 2.05) is 0 Å². The molecule has 6 nitrogen and oxygen atoms in total. The Morgan fingerprint density at radius 1 is 0.532 bits per heavy atom. The van der Waals surface area contributed by atoms with E-state index >= 15 is 0 Å². The van der Waals surface area contributed by atoms with Gasteiger partial charge in [-0.3, -0.25) is 4.79 Å². The molecule has 47 heavy (non-hydrogen) atoms. The van der Waals surface area contributed by atoms with E-state index in [-0.39, 0.29) is 12.6 Å². The van der Waals surface area contributed by atoms with Crippen LogP contribution in [-0.2, 0) is 14.3 Å². The molecular formula is C41H83NO5. The van der Waals surface area contributed by atoms with Gasteiger partial charge in [0.1, 0.15) is 0 Å². The average molecular weight is 670 g/mol. The summed E-state index contributed by atoms with van der Waals surface area (Å²) in [6, 6.07) is 0. The number of unbranched alkanes of at least 4 members (excludes halogenated alkanes) is 18. The molecule has 0 aromatic heterocycles. The first-order valence-corrected chi connectivity index (χ1v) is 20.9. The Hall–Kier alpha value is -0.690. The summed E-state index contributed by atoms with van der Waals surface area (Å²) in [4.78, 5) is 14.5. The van der Waals surface area contributed by atoms with Gasteiger partial charge in [-0.25, -0.2) is 0 Å². The summed E-state index contributed by atoms with van der Waals surface area (Å²) < 4.78 is 11.2. The lowest BCUT2D eigenvalue weighted by Gasteiger charge is -2.22. The lowest BCUT2D eigenvalue weighted by molar-refractivity contribution is -0.143. The van der Waals surface area contributed by atoms with Crippen molar-refractivity contribution < 1.29 is 24.5 Å². The number of aliphatic hydroxyl groups excluding tert-OH is 2. The highest BCUT2D eigenvalue weighted by atomic mass is 16.6. The van der Waals surface area contributed by atoms with Gasteiger partial charge in [-0.1, -0.05) is 143 Å². The molecule has 0 aromatic carbocycles. The number of nitrogens with zero attached hydrogens (tertiary/aromatic N) is 1. The minimum absolute atomic E-state index is 0.0429. The summed E-state index contributed by atoms with van der Waals surface area (Å²) in [7, 11) is 0. The van der Waals surface area contributed by atoms with Crippen LogP contribution in [0.15, 0.2) is 0 Å². The molecule has 0 aromatic rings. The van der Waals surface area contributed by atoms with Crippen LogP contribution in [0.1, 0.15) is 207 Å². The van der Waals surface area contributed by atoms with Gasteiger partial charge in [-0.2, -0.15) is 0 Å². The molecule has 0 spiro atoms. The van der Waals surface area contributed by atoms with E-state index in [0.717, 1.165) is 89.8 Å². The van der Waals surface area contributed by atoms with E-state index in [9.17, 15) is 15.0 Å². The average Bonchev–Trinajstić information content (AvgIpc) is 3.07. The number of hydrogen-bond donors (Lipinski definition) is 2. The van der Waals surface area contributed by atoms with Crippen LogP contribution in [-0.4, -0.2) is 66.8 Å². The van der Waals surface area contributed by atoms with Crippen molar-refractivity contribution in [1.82, 2.24) is 4.90 Å². The van der Waals surface area contributed by atoms with Crippen LogP contribution in [0.25, 0.3) is 0 Å². The van der Waals surface area contributed by atoms with Gasteiger partial charge in [-0.15, -0.1) is 0 Å². The van der Waals surface area contributed by atoms with Crippen molar-refractivity contribution in [2.75, 3.05) is 39.5 Å². The van der Waals surface area contributed by atoms with Gasteiger partial charge in [0.2, 0.25) is 0 Å². The second-order valence-electron chi connectivity index (χ2n) is 14.3. The fraction of sp³-hybridized carbons (Fsp3) is 0.976. The maximum atomic E-state index is 12.1. The van der Waals surface area contributed by atoms with Crippen LogP contribution in [0.5, 0.6) is 0 Å². The van der Waals surface area contributed by atoms with Crippen molar-refractivity contribution in [2.45, 2.75) is 213 Å². The lowest BCUT2D eigenvalue weighted by Crippen LogP contribution is -2.28. The summed E-state index contributed by atoms with van der Waals surface area (Å²) in [6.45, 7) is 11.2. The topological polar surface area (TPSA) is 79.2 Å². The Kier molecular flexibility index (Phi) is 37.6. The normalized spacial score (nSPS) is 12.4. The second-order valence-corrected chi connectivity index (χ2v) is 14.3. The van der Waals surface area contributed by atoms with Crippen LogP contribution in [0.3, 0.4) is 0 Å². The van der Waals surface area contributed by atoms with Crippen molar-refractivity contribution in [2.24, 2.45) is 5.92 Å². The van der Waals surface area contributed by atoms with Gasteiger partial charge < -0.3 is 24.6 Å². The third kappa shape index (κ3) is 35.0. The first-order valence-electron chi connectivity index (χ1n) is 20.9. The highest BCUT2D eigenvalue weighted by molar-refractivity contribution is 5.69. The number of esters is 1. The molecule has 0 amide bonds. The van der Waals surface area contributed by atoms with Crippen LogP contribution in [0.4, 0.5) is 0 Å². The molecule has 0 saturated heterocycles. The Labute approximate surface area is 293 Å². The number of aliphatic hydroxyl groups is 2. The molecule has 0 aliphatic heterocycles. The van der Waals surface area contributed by atoms with Crippen LogP contribution in [0.2, 0.25) is 0 Å². The second kappa shape index (κ2) is 38.1. The quantitative estimate of drug-likeness (QED) is 0.0385. The standard InChI is InChI=1S/C41H83NO5/c1-4-7-10-13-14-15-16-17-25-37-46-40(44)30-22-18-23-33-42(35-27-36-43)34-24-19-26-38-47-41(45)32-31-39(28-20-11-8-5-2)29-21-12-9-6-3/h39,41,43,45H,4-38H2,1-3H3. The van der Waals surface area contributed by atoms with Crippen molar-refractivity contribution in [3.05, 3.63) is 0 Å². The Balaban J connectivity index is 3.94. The molecule has 0 rings (SSSR count). The molecule has 2 N–H and O–H groups in total. The highest BCUT2D eigenvalue weighted by Gasteiger charge is 2.13. The fourth-order valence-electron chi connectivity index (χ4n) is 6.53. The van der Waals surface area contributed by atoms with Gasteiger partial charge in [0, 0.05) is 26.2 Å². The predicted octanol–water partition coefficient (Wildman–Crippen LogP) is 11.1. The molecule has 0 heterocycles. The third-order valence-corrected chi connectivity index (χ3v) is 9.68. The fourth-order valence-corrected chi connectivity index (χ4v) is 6.53. The first kappa shape index (κ1) is 46.3. The van der Waals surface area contributed by atoms with Gasteiger partial charge in [0.15, 0.2) is 6.29 Å². The van der Waals surface area contributed by atoms with E-state index in [1.165, 1.54) is 116 Å². The number of ether oxygens (including phenoxy) is 2. The molecule has 0 fully saturated rings. The van der Waals surface area contributed by atoms with Crippen LogP contribution in [0, 0.1) is 5.92 Å². The molecule has 1 atom stereocenters. The summed E-state index contributed by atoms with van der Waals surface area (Å²) in [5.74, 6) is 0.689. The lowest BCUT2D eigenvalue weighted by atomic mass is 9.90. The number of rotatable bonds is 39. The number of carbonyl (C=O) groups excluding carboxylic acids is 1. The summed E-state index contributed by atoms with van der Waals surface area (Å²) in [5.41, 5.74) is 0. The molecular weight excluding hydrogens is 586 g/mol. The molecule has 0 bridgehead atoms. The minimum atomic E-state index is -0.628. The molecule has 6 heteroatoms. The molecule has 282 valence electrons. The third-order valence-electron chi connectivity index (χ3n) is 9.68. The van der Waals surface area contributed by atoms with Crippen molar-refractivity contribution in [3.8, 4) is 0 Å². The monoisotopic (exact) mass is 670 g/mol. The van der Waals surface area contributed by atoms with Crippen molar-refractivity contribution >= 4 is 5.97 Å². The van der Waals surface area contributed by atoms with E-state index in [2.05, 4.69) is 25.7 Å². The maximum Gasteiger partial charge on any atom is 0.305 e. The van der Waals surface area contributed by atoms with E-state index < -0.39 is 6.29 Å². The number of hydrogen-bond acceptors (Lipinski definition) is 6. The van der Waals surface area contributed by atoms with Crippen molar-refractivity contribution in [3.63, 3.8) is 0 Å². The largest absolute Gasteiger partial charge is 0.466 e. The molecule has 0 aliphatic rings. The zero-order chi connectivity index (χ0) is 34.5. The Morgan fingerprint density at radius 3 is 1.57 bits per heavy atom. The minimum Gasteiger partial charge on any atom is -0.466 e. The molecule has 0 radical (unpaired) electrons. The number of carbonyl (C=O) groups is 1. The van der Waals surface area contributed by atoms with Gasteiger partial charge in [-0.05, 0) is 76.8 Å². The van der Waals surface area contributed by atoms with Gasteiger partial charge in [0.05, 0.1) is 6.61 Å². The van der Waals surface area contributed by atoms with E-state index in [4.69, 9.17) is 9.47 Å². The first-order chi connectivity index (χ1) is 23.1. The van der Waals surface area contributed by atoms with Crippen LogP contribution >= 0.6 is 0 Å². The molecule has 0 saturated carbocycles. The predicted molar refractivity (Wildman–Crippen MR) is 201 cm³/mol. The summed E-state index contributed by atoms with van der Waals surface area (Å²) >= 11 is 0. The smallest absolute Gasteiger partial charge is 0.305 e. The Morgan fingerprint density at radius 2 is 1.00 bits per heavy atom. The van der Waals surface area contributed by atoms with Gasteiger partial charge in [0.25, 0.3) is 0 Å². The maximum absolute atomic E-state index is 12.1. The summed E-state index contributed by atoms with van der Waals surface area (Å²) in [5, 5.41) is 19.8. The Bertz CT molecular complexity index is 607. The van der Waals surface area contributed by atoms with Crippen LogP contribution < -0.4 is 0 Å². The highest BCUT2D eigenvalue weighted by Crippen LogP contribution is 2.24. The summed E-state index contributed by atoms with van der Waals surface area (Å²) in [6.07, 6.45) is 33.4. The molecule has 1 unspecified atom stereocenters. The van der Waals surface area contributed by atoms with E-state index in [1.54, 1.807) is 0 Å². The van der Waals surface area contributed by atoms with Gasteiger partial charge >= 0.3 is 5.97 Å². The molecule has 0 aliphatic carbocycles. The van der Waals surface area contributed by atoms with E-state index in [0.29, 0.717) is 19.6 Å². The SMILES string of the molecule is CCCCCCCCCCCOC(=O)CCCCCN(CCCO)CCCCCOC(O)CCC(CCCCCC)CCCCCC. The van der Waals surface area contributed by atoms with Crippen molar-refractivity contribution in [1.29, 1.82) is 0 Å². The zero-order valence-electron chi connectivity index (χ0n) is 32.0. The zero-order valence-corrected chi connectivity index (χ0v) is 32.0.